The molecule has 2 N–H and O–H groups in total. The first-order valence-corrected chi connectivity index (χ1v) is 6.50. The summed E-state index contributed by atoms with van der Waals surface area (Å²) in [4.78, 5) is 11.2. The molecular formula is C13H23N3O2. The fourth-order valence-electron chi connectivity index (χ4n) is 1.74. The summed E-state index contributed by atoms with van der Waals surface area (Å²) in [5, 5.41) is 16.8. The number of aromatic nitrogens is 2. The van der Waals surface area contributed by atoms with Gasteiger partial charge in [-0.3, -0.25) is 14.8 Å². The van der Waals surface area contributed by atoms with Crippen LogP contribution in [-0.4, -0.2) is 26.4 Å². The minimum atomic E-state index is -0.880. The smallest absolute Gasteiger partial charge is 0.323 e. The lowest BCUT2D eigenvalue weighted by Gasteiger charge is -2.24. The lowest BCUT2D eigenvalue weighted by atomic mass is 9.99. The first-order chi connectivity index (χ1) is 8.46. The van der Waals surface area contributed by atoms with Crippen molar-refractivity contribution in [1.29, 1.82) is 0 Å². The van der Waals surface area contributed by atoms with Crippen molar-refractivity contribution in [2.75, 3.05) is 0 Å². The molecule has 0 aliphatic rings. The highest BCUT2D eigenvalue weighted by atomic mass is 16.4. The van der Waals surface area contributed by atoms with Gasteiger partial charge in [-0.25, -0.2) is 0 Å². The molecule has 1 rings (SSSR count). The average Bonchev–Trinajstić information content (AvgIpc) is 2.78. The van der Waals surface area contributed by atoms with Crippen molar-refractivity contribution in [3.8, 4) is 0 Å². The fraction of sp³-hybridized carbons (Fsp3) is 0.692. The molecule has 0 radical (unpaired) electrons. The third-order valence-corrected chi connectivity index (χ3v) is 3.41. The Hall–Kier alpha value is -1.36. The van der Waals surface area contributed by atoms with Gasteiger partial charge >= 0.3 is 5.97 Å². The molecule has 1 atom stereocenters. The number of rotatable bonds is 7. The van der Waals surface area contributed by atoms with Gasteiger partial charge in [0.2, 0.25) is 0 Å². The molecule has 5 nitrogen and oxygen atoms in total. The molecule has 102 valence electrons. The normalized spacial score (nSPS) is 14.4. The number of hydrogen-bond donors (Lipinski definition) is 2. The number of nitrogens with one attached hydrogen (secondary N) is 1. The van der Waals surface area contributed by atoms with E-state index in [4.69, 9.17) is 0 Å². The Morgan fingerprint density at radius 2 is 2.17 bits per heavy atom. The van der Waals surface area contributed by atoms with E-state index in [1.54, 1.807) is 6.92 Å². The highest BCUT2D eigenvalue weighted by Crippen LogP contribution is 2.12. The third-order valence-electron chi connectivity index (χ3n) is 3.41. The molecule has 0 saturated carbocycles. The summed E-state index contributed by atoms with van der Waals surface area (Å²) in [7, 11) is 0. The molecule has 0 bridgehead atoms. The summed E-state index contributed by atoms with van der Waals surface area (Å²) in [6, 6.07) is 2.04. The maximum Gasteiger partial charge on any atom is 0.323 e. The molecule has 18 heavy (non-hydrogen) atoms. The number of aryl methyl sites for hydroxylation is 2. The zero-order valence-corrected chi connectivity index (χ0v) is 11.7. The number of carboxylic acids is 1. The van der Waals surface area contributed by atoms with Gasteiger partial charge in [0.05, 0.1) is 11.4 Å². The zero-order valence-electron chi connectivity index (χ0n) is 11.7. The Bertz CT molecular complexity index is 414. The summed E-state index contributed by atoms with van der Waals surface area (Å²) in [5.74, 6) is -0.816. The molecule has 1 aromatic heterocycles. The SMILES string of the molecule is CCc1cc(CNC(C)(CC)C(=O)O)n(CC)n1. The van der Waals surface area contributed by atoms with Crippen molar-refractivity contribution in [2.45, 2.75) is 59.2 Å². The largest absolute Gasteiger partial charge is 0.480 e. The minimum Gasteiger partial charge on any atom is -0.480 e. The van der Waals surface area contributed by atoms with Gasteiger partial charge in [-0.2, -0.15) is 5.10 Å². The molecule has 0 saturated heterocycles. The van der Waals surface area contributed by atoms with Crippen molar-refractivity contribution >= 4 is 5.97 Å². The van der Waals surface area contributed by atoms with Gasteiger partial charge in [0.25, 0.3) is 0 Å². The van der Waals surface area contributed by atoms with Gasteiger partial charge in [0.1, 0.15) is 5.54 Å². The average molecular weight is 253 g/mol. The molecule has 1 aromatic rings. The summed E-state index contributed by atoms with van der Waals surface area (Å²) >= 11 is 0. The summed E-state index contributed by atoms with van der Waals surface area (Å²) in [6.07, 6.45) is 1.44. The van der Waals surface area contributed by atoms with Crippen LogP contribution in [0.2, 0.25) is 0 Å². The molecule has 0 fully saturated rings. The number of hydrogen-bond acceptors (Lipinski definition) is 3. The van der Waals surface area contributed by atoms with Crippen LogP contribution in [0.4, 0.5) is 0 Å². The van der Waals surface area contributed by atoms with Crippen LogP contribution in [0, 0.1) is 0 Å². The Kier molecular flexibility index (Phi) is 4.90. The van der Waals surface area contributed by atoms with E-state index < -0.39 is 11.5 Å². The van der Waals surface area contributed by atoms with Crippen molar-refractivity contribution in [3.05, 3.63) is 17.5 Å². The first kappa shape index (κ1) is 14.7. The van der Waals surface area contributed by atoms with Crippen molar-refractivity contribution < 1.29 is 9.90 Å². The van der Waals surface area contributed by atoms with Gasteiger partial charge in [0, 0.05) is 13.1 Å². The van der Waals surface area contributed by atoms with Crippen LogP contribution >= 0.6 is 0 Å². The van der Waals surface area contributed by atoms with Gasteiger partial charge in [0.15, 0.2) is 0 Å². The Morgan fingerprint density at radius 3 is 2.61 bits per heavy atom. The lowest BCUT2D eigenvalue weighted by Crippen LogP contribution is -2.48. The summed E-state index contributed by atoms with van der Waals surface area (Å²) in [6.45, 7) is 9.00. The maximum absolute atomic E-state index is 11.2. The summed E-state index contributed by atoms with van der Waals surface area (Å²) in [5.41, 5.74) is 1.20. The Labute approximate surface area is 108 Å². The molecular weight excluding hydrogens is 230 g/mol. The van der Waals surface area contributed by atoms with Gasteiger partial charge in [-0.1, -0.05) is 13.8 Å². The van der Waals surface area contributed by atoms with E-state index in [-0.39, 0.29) is 0 Å². The summed E-state index contributed by atoms with van der Waals surface area (Å²) < 4.78 is 1.92. The van der Waals surface area contributed by atoms with Gasteiger partial charge in [-0.15, -0.1) is 0 Å². The van der Waals surface area contributed by atoms with Crippen LogP contribution in [0.1, 0.15) is 45.5 Å². The van der Waals surface area contributed by atoms with Crippen molar-refractivity contribution in [1.82, 2.24) is 15.1 Å². The fourth-order valence-corrected chi connectivity index (χ4v) is 1.74. The second kappa shape index (κ2) is 6.00. The predicted octanol–water partition coefficient (Wildman–Crippen LogP) is 1.81. The number of aliphatic carboxylic acids is 1. The van der Waals surface area contributed by atoms with E-state index in [2.05, 4.69) is 17.3 Å². The monoisotopic (exact) mass is 253 g/mol. The minimum absolute atomic E-state index is 0.525. The van der Waals surface area contributed by atoms with E-state index in [1.165, 1.54) is 0 Å². The van der Waals surface area contributed by atoms with E-state index in [0.717, 1.165) is 24.4 Å². The quantitative estimate of drug-likeness (QED) is 0.777. The van der Waals surface area contributed by atoms with E-state index in [9.17, 15) is 9.90 Å². The molecule has 0 spiro atoms. The Morgan fingerprint density at radius 1 is 1.50 bits per heavy atom. The van der Waals surface area contributed by atoms with E-state index >= 15 is 0 Å². The van der Waals surface area contributed by atoms with Crippen LogP contribution in [0.3, 0.4) is 0 Å². The molecule has 5 heteroatoms. The predicted molar refractivity (Wildman–Crippen MR) is 70.5 cm³/mol. The molecule has 0 aliphatic heterocycles. The molecule has 1 unspecified atom stereocenters. The van der Waals surface area contributed by atoms with Crippen molar-refractivity contribution in [2.24, 2.45) is 0 Å². The highest BCUT2D eigenvalue weighted by Gasteiger charge is 2.30. The number of nitrogens with zero attached hydrogens (tertiary/aromatic N) is 2. The van der Waals surface area contributed by atoms with Crippen LogP contribution in [0.5, 0.6) is 0 Å². The zero-order chi connectivity index (χ0) is 13.8. The van der Waals surface area contributed by atoms with Crippen LogP contribution in [0.25, 0.3) is 0 Å². The van der Waals surface area contributed by atoms with Crippen LogP contribution in [-0.2, 0) is 24.3 Å². The topological polar surface area (TPSA) is 67.2 Å². The third kappa shape index (κ3) is 3.10. The number of carboxylic acid groups (broad SMARTS) is 1. The van der Waals surface area contributed by atoms with Gasteiger partial charge in [-0.05, 0) is 32.8 Å². The highest BCUT2D eigenvalue weighted by molar-refractivity contribution is 5.78. The second-order valence-electron chi connectivity index (χ2n) is 4.64. The van der Waals surface area contributed by atoms with Crippen LogP contribution in [0.15, 0.2) is 6.07 Å². The lowest BCUT2D eigenvalue weighted by molar-refractivity contribution is -0.144. The van der Waals surface area contributed by atoms with Gasteiger partial charge < -0.3 is 5.11 Å². The van der Waals surface area contributed by atoms with Crippen molar-refractivity contribution in [3.63, 3.8) is 0 Å². The second-order valence-corrected chi connectivity index (χ2v) is 4.64. The van der Waals surface area contributed by atoms with E-state index in [1.807, 2.05) is 24.6 Å². The molecule has 0 aliphatic carbocycles. The molecule has 0 aromatic carbocycles. The first-order valence-electron chi connectivity index (χ1n) is 6.50. The standard InChI is InChI=1S/C13H23N3O2/c1-5-10-8-11(16(7-3)15-10)9-14-13(4,6-2)12(17)18/h8,14H,5-7,9H2,1-4H3,(H,17,18). The van der Waals surface area contributed by atoms with E-state index in [0.29, 0.717) is 13.0 Å². The Balaban J connectivity index is 2.79. The molecule has 1 heterocycles. The number of carbonyl (C=O) groups is 1. The maximum atomic E-state index is 11.2. The molecule has 0 amide bonds. The van der Waals surface area contributed by atoms with Crippen LogP contribution < -0.4 is 5.32 Å².